The zero-order chi connectivity index (χ0) is 25.8. The first-order chi connectivity index (χ1) is 18.0. The molecule has 2 amide bonds. The first-order valence-corrected chi connectivity index (χ1v) is 12.7. The lowest BCUT2D eigenvalue weighted by Crippen LogP contribution is -2.27. The van der Waals surface area contributed by atoms with E-state index in [0.29, 0.717) is 34.2 Å². The fraction of sp³-hybridized carbons (Fsp3) is 0.107. The van der Waals surface area contributed by atoms with E-state index in [1.54, 1.807) is 24.4 Å². The minimum absolute atomic E-state index is 0.148. The molecule has 0 saturated carbocycles. The monoisotopic (exact) mass is 573 g/mol. The van der Waals surface area contributed by atoms with Gasteiger partial charge in [-0.25, -0.2) is 9.97 Å². The van der Waals surface area contributed by atoms with Crippen molar-refractivity contribution in [3.63, 3.8) is 0 Å². The second kappa shape index (κ2) is 11.0. The number of halogens is 2. The van der Waals surface area contributed by atoms with Gasteiger partial charge in [-0.15, -0.1) is 0 Å². The molecule has 1 atom stereocenters. The number of nitrogens with one attached hydrogen (secondary N) is 2. The molecule has 184 valence electrons. The maximum atomic E-state index is 13.2. The lowest BCUT2D eigenvalue weighted by molar-refractivity contribution is -0.117. The third-order valence-corrected chi connectivity index (χ3v) is 6.89. The Balaban J connectivity index is 1.44. The van der Waals surface area contributed by atoms with Gasteiger partial charge in [0.25, 0.3) is 0 Å². The van der Waals surface area contributed by atoms with Crippen LogP contribution in [0.2, 0.25) is 5.02 Å². The molecule has 0 fully saturated rings. The van der Waals surface area contributed by atoms with Gasteiger partial charge in [0.1, 0.15) is 12.4 Å². The van der Waals surface area contributed by atoms with Crippen LogP contribution in [0.15, 0.2) is 94.8 Å². The molecule has 37 heavy (non-hydrogen) atoms. The van der Waals surface area contributed by atoms with Gasteiger partial charge < -0.3 is 10.6 Å². The van der Waals surface area contributed by atoms with Gasteiger partial charge >= 0.3 is 0 Å². The molecular weight excluding hydrogens is 554 g/mol. The molecule has 0 spiro atoms. The second-order valence-corrected chi connectivity index (χ2v) is 9.76. The van der Waals surface area contributed by atoms with E-state index < -0.39 is 6.04 Å². The highest BCUT2D eigenvalue weighted by atomic mass is 79.9. The van der Waals surface area contributed by atoms with Crippen molar-refractivity contribution < 1.29 is 9.59 Å². The molecule has 0 aliphatic carbocycles. The van der Waals surface area contributed by atoms with Crippen molar-refractivity contribution in [3.05, 3.63) is 117 Å². The first-order valence-electron chi connectivity index (χ1n) is 11.5. The van der Waals surface area contributed by atoms with Gasteiger partial charge in [-0.1, -0.05) is 57.9 Å². The Kier molecular flexibility index (Phi) is 7.39. The van der Waals surface area contributed by atoms with E-state index in [1.165, 1.54) is 6.33 Å². The van der Waals surface area contributed by atoms with Gasteiger partial charge in [0.15, 0.2) is 0 Å². The Hall–Kier alpha value is -3.88. The number of hydrogen-bond acceptors (Lipinski definition) is 5. The number of aliphatic imine (C=N–C) groups is 1. The van der Waals surface area contributed by atoms with E-state index in [9.17, 15) is 9.59 Å². The van der Waals surface area contributed by atoms with Gasteiger partial charge in [-0.3, -0.25) is 14.6 Å². The van der Waals surface area contributed by atoms with Crippen LogP contribution in [0.5, 0.6) is 0 Å². The van der Waals surface area contributed by atoms with Gasteiger partial charge in [0, 0.05) is 38.9 Å². The minimum Gasteiger partial charge on any atom is -0.326 e. The minimum atomic E-state index is -0.646. The third-order valence-electron chi connectivity index (χ3n) is 5.88. The maximum absolute atomic E-state index is 13.2. The molecule has 9 heteroatoms. The topological polar surface area (TPSA) is 96.3 Å². The summed E-state index contributed by atoms with van der Waals surface area (Å²) in [4.78, 5) is 38.5. The van der Waals surface area contributed by atoms with Crippen LogP contribution in [-0.4, -0.2) is 33.5 Å². The van der Waals surface area contributed by atoms with Crippen molar-refractivity contribution >= 4 is 56.4 Å². The van der Waals surface area contributed by atoms with Crippen molar-refractivity contribution in [3.8, 4) is 0 Å². The summed E-state index contributed by atoms with van der Waals surface area (Å²) >= 11 is 9.81. The highest BCUT2D eigenvalue weighted by molar-refractivity contribution is 9.10. The van der Waals surface area contributed by atoms with E-state index in [0.717, 1.165) is 21.2 Å². The quantitative estimate of drug-likeness (QED) is 0.319. The summed E-state index contributed by atoms with van der Waals surface area (Å²) in [7, 11) is 0. The van der Waals surface area contributed by atoms with Crippen LogP contribution in [0.25, 0.3) is 0 Å². The van der Waals surface area contributed by atoms with Gasteiger partial charge in [0.05, 0.1) is 23.5 Å². The molecule has 1 unspecified atom stereocenters. The third kappa shape index (κ3) is 5.93. The average Bonchev–Trinajstić information content (AvgIpc) is 3.02. The smallest absolute Gasteiger partial charge is 0.249 e. The molecule has 4 aromatic rings. The molecule has 1 aliphatic rings. The van der Waals surface area contributed by atoms with Crippen molar-refractivity contribution in [2.24, 2.45) is 4.99 Å². The highest BCUT2D eigenvalue weighted by Gasteiger charge is 2.27. The van der Waals surface area contributed by atoms with Gasteiger partial charge in [-0.05, 0) is 48.0 Å². The van der Waals surface area contributed by atoms with Crippen molar-refractivity contribution in [1.82, 2.24) is 9.97 Å². The number of aromatic nitrogens is 2. The Morgan fingerprint density at radius 2 is 1.86 bits per heavy atom. The molecule has 0 radical (unpaired) electrons. The number of nitrogens with zero attached hydrogens (tertiary/aromatic N) is 3. The van der Waals surface area contributed by atoms with E-state index in [1.807, 2.05) is 54.6 Å². The number of carbonyl (C=O) groups is 2. The summed E-state index contributed by atoms with van der Waals surface area (Å²) < 4.78 is 0.923. The SMILES string of the molecule is O=C(Cc1ccncn1)Nc1ccc(C2=NC(Cc3ccccc3Br)C(=O)Nc3cc(Cl)ccc32)cc1. The molecule has 1 aliphatic heterocycles. The Labute approximate surface area is 227 Å². The van der Waals surface area contributed by atoms with Gasteiger partial charge in [0.2, 0.25) is 11.8 Å². The van der Waals surface area contributed by atoms with Crippen LogP contribution < -0.4 is 10.6 Å². The summed E-state index contributed by atoms with van der Waals surface area (Å²) in [6.45, 7) is 0. The van der Waals surface area contributed by atoms with E-state index in [-0.39, 0.29) is 18.2 Å². The average molecular weight is 575 g/mol. The number of fused-ring (bicyclic) bond motifs is 1. The number of amides is 2. The second-order valence-electron chi connectivity index (χ2n) is 8.47. The van der Waals surface area contributed by atoms with Crippen LogP contribution in [0.4, 0.5) is 11.4 Å². The molecule has 0 saturated heterocycles. The van der Waals surface area contributed by atoms with Crippen LogP contribution >= 0.6 is 27.5 Å². The van der Waals surface area contributed by atoms with Crippen LogP contribution in [-0.2, 0) is 22.4 Å². The number of anilines is 2. The lowest BCUT2D eigenvalue weighted by Gasteiger charge is -2.13. The van der Waals surface area contributed by atoms with E-state index >= 15 is 0 Å². The number of benzene rings is 3. The fourth-order valence-corrected chi connectivity index (χ4v) is 4.69. The van der Waals surface area contributed by atoms with Crippen molar-refractivity contribution in [2.45, 2.75) is 18.9 Å². The Morgan fingerprint density at radius 3 is 2.62 bits per heavy atom. The van der Waals surface area contributed by atoms with Crippen LogP contribution in [0.3, 0.4) is 0 Å². The Bertz CT molecular complexity index is 1490. The predicted molar refractivity (Wildman–Crippen MR) is 148 cm³/mol. The molecule has 7 nitrogen and oxygen atoms in total. The van der Waals surface area contributed by atoms with E-state index in [4.69, 9.17) is 16.6 Å². The summed E-state index contributed by atoms with van der Waals surface area (Å²) in [6, 6.07) is 21.6. The standard InChI is InChI=1S/C28H21BrClN5O2/c29-23-4-2-1-3-18(23)13-25-28(37)35-24-14-19(30)7-10-22(24)27(34-25)17-5-8-20(9-6-17)33-26(36)15-21-11-12-31-16-32-21/h1-12,14,16,25H,13,15H2,(H,33,36)(H,35,37). The van der Waals surface area contributed by atoms with E-state index in [2.05, 4.69) is 36.5 Å². The first kappa shape index (κ1) is 24.8. The molecule has 3 aromatic carbocycles. The number of carbonyl (C=O) groups excluding carboxylic acids is 2. The highest BCUT2D eigenvalue weighted by Crippen LogP contribution is 2.29. The molecular formula is C28H21BrClN5O2. The number of rotatable bonds is 6. The zero-order valence-electron chi connectivity index (χ0n) is 19.5. The largest absolute Gasteiger partial charge is 0.326 e. The maximum Gasteiger partial charge on any atom is 0.249 e. The molecule has 2 N–H and O–H groups in total. The predicted octanol–water partition coefficient (Wildman–Crippen LogP) is 5.47. The summed E-state index contributed by atoms with van der Waals surface area (Å²) in [6.07, 6.45) is 3.59. The summed E-state index contributed by atoms with van der Waals surface area (Å²) in [5.41, 5.74) is 5.12. The lowest BCUT2D eigenvalue weighted by atomic mass is 10.00. The molecule has 0 bridgehead atoms. The zero-order valence-corrected chi connectivity index (χ0v) is 21.8. The Morgan fingerprint density at radius 1 is 1.05 bits per heavy atom. The van der Waals surface area contributed by atoms with Crippen LogP contribution in [0, 0.1) is 0 Å². The summed E-state index contributed by atoms with van der Waals surface area (Å²) in [5, 5.41) is 6.40. The van der Waals surface area contributed by atoms with Crippen molar-refractivity contribution in [1.29, 1.82) is 0 Å². The van der Waals surface area contributed by atoms with Crippen LogP contribution in [0.1, 0.15) is 22.4 Å². The fourth-order valence-electron chi connectivity index (χ4n) is 4.07. The van der Waals surface area contributed by atoms with Crippen molar-refractivity contribution in [2.75, 3.05) is 10.6 Å². The molecule has 5 rings (SSSR count). The number of benzodiazepines with no additional fused rings is 1. The number of hydrogen-bond donors (Lipinski definition) is 2. The summed E-state index contributed by atoms with van der Waals surface area (Å²) in [5.74, 6) is -0.385. The molecule has 1 aromatic heterocycles. The molecule has 2 heterocycles. The normalized spacial score (nSPS) is 14.7. The van der Waals surface area contributed by atoms with Gasteiger partial charge in [-0.2, -0.15) is 0 Å².